The van der Waals surface area contributed by atoms with Crippen molar-refractivity contribution in [3.8, 4) is 11.8 Å². The molecule has 1 atom stereocenters. The van der Waals surface area contributed by atoms with E-state index in [0.29, 0.717) is 22.0 Å². The first-order chi connectivity index (χ1) is 17.3. The minimum absolute atomic E-state index is 0.00774. The second-order valence-electron chi connectivity index (χ2n) is 7.54. The molecule has 1 aromatic heterocycles. The van der Waals surface area contributed by atoms with Gasteiger partial charge in [0.1, 0.15) is 20.8 Å². The Morgan fingerprint density at radius 1 is 1.19 bits per heavy atom. The summed E-state index contributed by atoms with van der Waals surface area (Å²) < 4.78 is 11.0. The molecule has 36 heavy (non-hydrogen) atoms. The third-order valence-electron chi connectivity index (χ3n) is 5.53. The molecule has 0 bridgehead atoms. The lowest BCUT2D eigenvalue weighted by Gasteiger charge is -2.26. The molecule has 1 aliphatic heterocycles. The SMILES string of the molecule is COC(=O)/C=c1\sc2n(c1=O)C(N)=C(C#N)C(c1ccccc1Cl)C=2C(=O)Nc1ccc(OC)cc1. The number of fused-ring (bicyclic) bond motifs is 1. The van der Waals surface area contributed by atoms with Crippen LogP contribution in [0.5, 0.6) is 5.75 Å². The molecule has 0 saturated heterocycles. The Hall–Kier alpha value is -4.33. The van der Waals surface area contributed by atoms with E-state index >= 15 is 0 Å². The highest BCUT2D eigenvalue weighted by atomic mass is 35.5. The minimum Gasteiger partial charge on any atom is -0.497 e. The number of methoxy groups -OCH3 is 2. The molecule has 3 N–H and O–H groups in total. The number of nitrogens with two attached hydrogens (primary N) is 1. The predicted molar refractivity (Wildman–Crippen MR) is 137 cm³/mol. The second kappa shape index (κ2) is 10.1. The number of allylic oxidation sites excluding steroid dienone is 1. The number of hydrogen-bond acceptors (Lipinski definition) is 8. The second-order valence-corrected chi connectivity index (χ2v) is 8.98. The zero-order chi connectivity index (χ0) is 26.0. The Morgan fingerprint density at radius 2 is 1.89 bits per heavy atom. The molecule has 182 valence electrons. The highest BCUT2D eigenvalue weighted by Gasteiger charge is 2.36. The van der Waals surface area contributed by atoms with Crippen molar-refractivity contribution in [2.75, 3.05) is 19.5 Å². The number of carbonyl (C=O) groups excluding carboxylic acids is 2. The maximum Gasteiger partial charge on any atom is 0.332 e. The Bertz CT molecular complexity index is 1630. The molecular weight excluding hydrogens is 504 g/mol. The van der Waals surface area contributed by atoms with Gasteiger partial charge in [-0.25, -0.2) is 4.79 Å². The molecule has 1 amide bonds. The first-order valence-electron chi connectivity index (χ1n) is 10.5. The fourth-order valence-corrected chi connectivity index (χ4v) is 5.21. The van der Waals surface area contributed by atoms with E-state index in [0.717, 1.165) is 22.0 Å². The summed E-state index contributed by atoms with van der Waals surface area (Å²) in [4.78, 5) is 38.8. The number of nitriles is 1. The molecule has 0 aliphatic carbocycles. The van der Waals surface area contributed by atoms with Crippen molar-refractivity contribution in [3.63, 3.8) is 0 Å². The number of ether oxygens (including phenoxy) is 2. The summed E-state index contributed by atoms with van der Waals surface area (Å²) in [7, 11) is 2.71. The maximum atomic E-state index is 13.7. The van der Waals surface area contributed by atoms with Gasteiger partial charge in [0.15, 0.2) is 0 Å². The number of hydrogen-bond donors (Lipinski definition) is 2. The summed E-state index contributed by atoms with van der Waals surface area (Å²) in [5, 5.41) is 13.2. The van der Waals surface area contributed by atoms with Crippen molar-refractivity contribution in [1.82, 2.24) is 4.57 Å². The molecule has 0 fully saturated rings. The number of thiazole rings is 1. The van der Waals surface area contributed by atoms with Crippen LogP contribution in [0, 0.1) is 11.3 Å². The molecule has 3 aromatic rings. The van der Waals surface area contributed by atoms with Crippen LogP contribution in [0.25, 0.3) is 17.5 Å². The molecule has 1 unspecified atom stereocenters. The lowest BCUT2D eigenvalue weighted by molar-refractivity contribution is -0.133. The van der Waals surface area contributed by atoms with Crippen LogP contribution in [0.2, 0.25) is 5.02 Å². The molecule has 11 heteroatoms. The Morgan fingerprint density at radius 3 is 2.50 bits per heavy atom. The van der Waals surface area contributed by atoms with Crippen molar-refractivity contribution in [1.29, 1.82) is 5.26 Å². The monoisotopic (exact) mass is 522 g/mol. The van der Waals surface area contributed by atoms with Gasteiger partial charge in [-0.15, -0.1) is 11.3 Å². The first-order valence-corrected chi connectivity index (χ1v) is 11.7. The number of benzene rings is 2. The van der Waals surface area contributed by atoms with Gasteiger partial charge in [0.05, 0.1) is 37.4 Å². The highest BCUT2D eigenvalue weighted by molar-refractivity contribution is 7.07. The molecule has 2 heterocycles. The first kappa shape index (κ1) is 24.8. The quantitative estimate of drug-likeness (QED) is 0.487. The van der Waals surface area contributed by atoms with E-state index in [-0.39, 0.29) is 26.2 Å². The van der Waals surface area contributed by atoms with Crippen LogP contribution in [-0.2, 0) is 14.3 Å². The Labute approximate surface area is 213 Å². The van der Waals surface area contributed by atoms with E-state index in [2.05, 4.69) is 10.1 Å². The van der Waals surface area contributed by atoms with Crippen LogP contribution in [0.4, 0.5) is 5.69 Å². The number of amides is 1. The van der Waals surface area contributed by atoms with Crippen LogP contribution in [0.3, 0.4) is 0 Å². The molecule has 9 nitrogen and oxygen atoms in total. The predicted octanol–water partition coefficient (Wildman–Crippen LogP) is 1.76. The maximum absolute atomic E-state index is 13.7. The average molecular weight is 523 g/mol. The van der Waals surface area contributed by atoms with E-state index in [9.17, 15) is 19.6 Å². The summed E-state index contributed by atoms with van der Waals surface area (Å²) in [6.45, 7) is 0. The fourth-order valence-electron chi connectivity index (χ4n) is 3.83. The third-order valence-corrected chi connectivity index (χ3v) is 6.98. The van der Waals surface area contributed by atoms with Crippen molar-refractivity contribution in [2.45, 2.75) is 5.92 Å². The van der Waals surface area contributed by atoms with Gasteiger partial charge in [0.25, 0.3) is 11.5 Å². The largest absolute Gasteiger partial charge is 0.497 e. The van der Waals surface area contributed by atoms with E-state index in [1.54, 1.807) is 48.5 Å². The number of nitrogens with one attached hydrogen (secondary N) is 1. The molecule has 0 radical (unpaired) electrons. The molecule has 2 aromatic carbocycles. The van der Waals surface area contributed by atoms with E-state index < -0.39 is 23.4 Å². The summed E-state index contributed by atoms with van der Waals surface area (Å²) in [5.74, 6) is -1.84. The van der Waals surface area contributed by atoms with Gasteiger partial charge in [-0.3, -0.25) is 14.2 Å². The summed E-state index contributed by atoms with van der Waals surface area (Å²) in [5.41, 5.74) is 6.62. The van der Waals surface area contributed by atoms with Gasteiger partial charge in [-0.05, 0) is 35.9 Å². The standard InChI is InChI=1S/C25H19ClN4O5S/c1-34-14-9-7-13(8-10-14)29-23(32)21-20(15-5-3-4-6-17(15)26)16(12-27)22(28)30-24(33)18(36-25(21)30)11-19(31)35-2/h3-11,20H,28H2,1-2H3,(H,29,32)/b18-11-. The van der Waals surface area contributed by atoms with Crippen LogP contribution in [-0.4, -0.2) is 30.7 Å². The van der Waals surface area contributed by atoms with Gasteiger partial charge in [0, 0.05) is 16.8 Å². The van der Waals surface area contributed by atoms with Crippen molar-refractivity contribution < 1.29 is 19.1 Å². The lowest BCUT2D eigenvalue weighted by atomic mass is 9.83. The van der Waals surface area contributed by atoms with Crippen molar-refractivity contribution in [2.24, 2.45) is 5.73 Å². The smallest absolute Gasteiger partial charge is 0.332 e. The van der Waals surface area contributed by atoms with Crippen molar-refractivity contribution in [3.05, 3.63) is 84.2 Å². The number of halogens is 1. The number of aromatic nitrogens is 1. The lowest BCUT2D eigenvalue weighted by Crippen LogP contribution is -2.41. The third kappa shape index (κ3) is 4.37. The molecule has 0 spiro atoms. The normalized spacial score (nSPS) is 15.2. The van der Waals surface area contributed by atoms with Gasteiger partial charge < -0.3 is 20.5 Å². The molecule has 4 rings (SSSR count). The van der Waals surface area contributed by atoms with Crippen LogP contribution < -0.4 is 30.5 Å². The average Bonchev–Trinajstić information content (AvgIpc) is 3.20. The van der Waals surface area contributed by atoms with Crippen LogP contribution >= 0.6 is 22.9 Å². The Kier molecular flexibility index (Phi) is 6.96. The zero-order valence-electron chi connectivity index (χ0n) is 19.1. The van der Waals surface area contributed by atoms with Crippen LogP contribution in [0.1, 0.15) is 11.5 Å². The van der Waals surface area contributed by atoms with Gasteiger partial charge >= 0.3 is 5.97 Å². The highest BCUT2D eigenvalue weighted by Crippen LogP contribution is 2.39. The summed E-state index contributed by atoms with van der Waals surface area (Å²) in [6, 6.07) is 15.5. The van der Waals surface area contributed by atoms with E-state index in [4.69, 9.17) is 22.1 Å². The summed E-state index contributed by atoms with van der Waals surface area (Å²) in [6.07, 6.45) is 1.02. The molecule has 1 aliphatic rings. The van der Waals surface area contributed by atoms with Gasteiger partial charge in [0.2, 0.25) is 0 Å². The fraction of sp³-hybridized carbons (Fsp3) is 0.120. The van der Waals surface area contributed by atoms with E-state index in [1.165, 1.54) is 14.2 Å². The number of nitrogens with zero attached hydrogens (tertiary/aromatic N) is 2. The van der Waals surface area contributed by atoms with E-state index in [1.807, 2.05) is 6.07 Å². The van der Waals surface area contributed by atoms with Gasteiger partial charge in [-0.2, -0.15) is 5.26 Å². The topological polar surface area (TPSA) is 136 Å². The van der Waals surface area contributed by atoms with Crippen LogP contribution in [0.15, 0.2) is 58.9 Å². The number of esters is 1. The number of carbonyl (C=O) groups is 2. The van der Waals surface area contributed by atoms with Crippen molar-refractivity contribution >= 4 is 58.0 Å². The summed E-state index contributed by atoms with van der Waals surface area (Å²) >= 11 is 7.37. The number of anilines is 1. The zero-order valence-corrected chi connectivity index (χ0v) is 20.6. The number of rotatable bonds is 5. The molecule has 0 saturated carbocycles. The minimum atomic E-state index is -0.967. The molecular formula is C25H19ClN4O5S. The van der Waals surface area contributed by atoms with Gasteiger partial charge in [-0.1, -0.05) is 29.8 Å². The Balaban J connectivity index is 2.03.